The average molecular weight is 463 g/mol. The molecular weight excluding hydrogens is 440 g/mol. The number of piperidine rings is 1. The van der Waals surface area contributed by atoms with E-state index in [1.807, 2.05) is 19.9 Å². The zero-order chi connectivity index (χ0) is 22.3. The van der Waals surface area contributed by atoms with Crippen molar-refractivity contribution in [3.05, 3.63) is 52.1 Å². The molecule has 0 saturated carbocycles. The molecule has 1 aliphatic rings. The lowest BCUT2D eigenvalue weighted by Crippen LogP contribution is -2.39. The minimum absolute atomic E-state index is 0.192. The Kier molecular flexibility index (Phi) is 5.61. The molecule has 0 radical (unpaired) electrons. The van der Waals surface area contributed by atoms with Crippen molar-refractivity contribution in [3.8, 4) is 0 Å². The first-order valence-corrected chi connectivity index (χ1v) is 12.2. The Balaban J connectivity index is 1.74. The Morgan fingerprint density at radius 3 is 2.71 bits per heavy atom. The molecule has 3 aromatic rings. The van der Waals surface area contributed by atoms with Crippen molar-refractivity contribution in [2.75, 3.05) is 17.5 Å². The highest BCUT2D eigenvalue weighted by Gasteiger charge is 2.33. The molecule has 11 heteroatoms. The summed E-state index contributed by atoms with van der Waals surface area (Å²) in [6, 6.07) is 6.10. The van der Waals surface area contributed by atoms with Gasteiger partial charge in [-0.15, -0.1) is 5.10 Å². The number of carbonyl (C=O) groups is 1. The molecule has 1 N–H and O–H groups in total. The number of aromatic nitrogens is 4. The number of anilines is 1. The standard InChI is InChI=1S/C20H23ClN6O3S/c1-12-10-13(2)27-20(22-12)23-18(24-27)17-6-4-5-9-26(17)19(28)15-11-14(21)7-8-16(15)25-31(3,29)30/h7-8,10-11,17,25H,4-6,9H2,1-3H3/t17-/m0/s1. The van der Waals surface area contributed by atoms with Crippen LogP contribution in [0.5, 0.6) is 0 Å². The van der Waals surface area contributed by atoms with Crippen LogP contribution >= 0.6 is 11.6 Å². The maximum atomic E-state index is 13.5. The van der Waals surface area contributed by atoms with Gasteiger partial charge >= 0.3 is 0 Å². The van der Waals surface area contributed by atoms with Gasteiger partial charge in [0.05, 0.1) is 23.5 Å². The number of likely N-dealkylation sites (tertiary alicyclic amines) is 1. The van der Waals surface area contributed by atoms with E-state index in [1.54, 1.807) is 15.5 Å². The first kappa shape index (κ1) is 21.5. The molecule has 1 aromatic carbocycles. The molecule has 2 aromatic heterocycles. The van der Waals surface area contributed by atoms with Crippen LogP contribution < -0.4 is 4.72 Å². The van der Waals surface area contributed by atoms with Crippen LogP contribution in [0.4, 0.5) is 5.69 Å². The number of nitrogens with one attached hydrogen (secondary N) is 1. The summed E-state index contributed by atoms with van der Waals surface area (Å²) in [7, 11) is -3.57. The number of sulfonamides is 1. The predicted octanol–water partition coefficient (Wildman–Crippen LogP) is 3.13. The van der Waals surface area contributed by atoms with E-state index in [0.717, 1.165) is 30.5 Å². The SMILES string of the molecule is Cc1cc(C)n2nc([C@@H]3CCCCN3C(=O)c3cc(Cl)ccc3NS(C)(=O)=O)nc2n1. The van der Waals surface area contributed by atoms with Gasteiger partial charge in [0.15, 0.2) is 5.82 Å². The summed E-state index contributed by atoms with van der Waals surface area (Å²) in [5.41, 5.74) is 2.14. The summed E-state index contributed by atoms with van der Waals surface area (Å²) in [4.78, 5) is 24.3. The van der Waals surface area contributed by atoms with Gasteiger partial charge in [0.25, 0.3) is 11.7 Å². The molecule has 1 aliphatic heterocycles. The lowest BCUT2D eigenvalue weighted by Gasteiger charge is -2.34. The van der Waals surface area contributed by atoms with Crippen molar-refractivity contribution < 1.29 is 13.2 Å². The molecule has 1 amide bonds. The largest absolute Gasteiger partial charge is 0.328 e. The van der Waals surface area contributed by atoms with E-state index >= 15 is 0 Å². The van der Waals surface area contributed by atoms with Crippen LogP contribution in [0.2, 0.25) is 5.02 Å². The second kappa shape index (κ2) is 8.08. The lowest BCUT2D eigenvalue weighted by molar-refractivity contribution is 0.0601. The Bertz CT molecular complexity index is 1270. The van der Waals surface area contributed by atoms with Gasteiger partial charge in [-0.05, 0) is 57.4 Å². The molecule has 1 atom stereocenters. The number of benzene rings is 1. The third-order valence-electron chi connectivity index (χ3n) is 5.20. The number of nitrogens with zero attached hydrogens (tertiary/aromatic N) is 5. The number of aryl methyl sites for hydroxylation is 2. The van der Waals surface area contributed by atoms with Crippen LogP contribution in [0, 0.1) is 13.8 Å². The van der Waals surface area contributed by atoms with Crippen LogP contribution in [0.3, 0.4) is 0 Å². The van der Waals surface area contributed by atoms with Crippen molar-refractivity contribution in [2.24, 2.45) is 0 Å². The Morgan fingerprint density at radius 1 is 1.19 bits per heavy atom. The number of carbonyl (C=O) groups excluding carboxylic acids is 1. The van der Waals surface area contributed by atoms with Gasteiger partial charge in [-0.2, -0.15) is 4.98 Å². The quantitative estimate of drug-likeness (QED) is 0.637. The average Bonchev–Trinajstić information content (AvgIpc) is 3.12. The van der Waals surface area contributed by atoms with Crippen molar-refractivity contribution in [3.63, 3.8) is 0 Å². The summed E-state index contributed by atoms with van der Waals surface area (Å²) in [5.74, 6) is 0.694. The van der Waals surface area contributed by atoms with E-state index in [2.05, 4.69) is 19.8 Å². The predicted molar refractivity (Wildman–Crippen MR) is 118 cm³/mol. The maximum Gasteiger partial charge on any atom is 0.256 e. The summed E-state index contributed by atoms with van der Waals surface area (Å²) in [6.45, 7) is 4.33. The van der Waals surface area contributed by atoms with Gasteiger partial charge in [-0.3, -0.25) is 9.52 Å². The second-order valence-electron chi connectivity index (χ2n) is 7.79. The molecule has 1 fully saturated rings. The van der Waals surface area contributed by atoms with Gasteiger partial charge in [-0.1, -0.05) is 11.6 Å². The molecule has 0 aliphatic carbocycles. The number of amides is 1. The Labute approximate surface area is 185 Å². The summed E-state index contributed by atoms with van der Waals surface area (Å²) < 4.78 is 27.6. The number of hydrogen-bond donors (Lipinski definition) is 1. The highest BCUT2D eigenvalue weighted by molar-refractivity contribution is 7.92. The zero-order valence-electron chi connectivity index (χ0n) is 17.5. The molecule has 1 saturated heterocycles. The van der Waals surface area contributed by atoms with Crippen LogP contribution in [0.1, 0.15) is 52.9 Å². The fourth-order valence-electron chi connectivity index (χ4n) is 3.90. The van der Waals surface area contributed by atoms with E-state index in [0.29, 0.717) is 29.6 Å². The Morgan fingerprint density at radius 2 is 1.97 bits per heavy atom. The van der Waals surface area contributed by atoms with Gasteiger partial charge in [-0.25, -0.2) is 17.9 Å². The van der Waals surface area contributed by atoms with E-state index in [9.17, 15) is 13.2 Å². The molecule has 0 spiro atoms. The van der Waals surface area contributed by atoms with Crippen LogP contribution in [0.15, 0.2) is 24.3 Å². The minimum atomic E-state index is -3.57. The van der Waals surface area contributed by atoms with Crippen LogP contribution in [-0.2, 0) is 10.0 Å². The molecule has 0 bridgehead atoms. The minimum Gasteiger partial charge on any atom is -0.328 e. The van der Waals surface area contributed by atoms with Crippen molar-refractivity contribution in [1.29, 1.82) is 0 Å². The highest BCUT2D eigenvalue weighted by atomic mass is 35.5. The summed E-state index contributed by atoms with van der Waals surface area (Å²) in [6.07, 6.45) is 3.51. The fourth-order valence-corrected chi connectivity index (χ4v) is 4.65. The first-order chi connectivity index (χ1) is 14.6. The first-order valence-electron chi connectivity index (χ1n) is 9.91. The summed E-state index contributed by atoms with van der Waals surface area (Å²) in [5, 5.41) is 4.96. The molecule has 31 heavy (non-hydrogen) atoms. The van der Waals surface area contributed by atoms with Gasteiger partial charge < -0.3 is 4.90 Å². The molecule has 164 valence electrons. The van der Waals surface area contributed by atoms with Crippen molar-refractivity contribution >= 4 is 39.0 Å². The zero-order valence-corrected chi connectivity index (χ0v) is 19.0. The van der Waals surface area contributed by atoms with Crippen molar-refractivity contribution in [2.45, 2.75) is 39.2 Å². The lowest BCUT2D eigenvalue weighted by atomic mass is 10.00. The van der Waals surface area contributed by atoms with E-state index in [-0.39, 0.29) is 23.2 Å². The van der Waals surface area contributed by atoms with Gasteiger partial charge in [0.2, 0.25) is 10.0 Å². The molecule has 9 nitrogen and oxygen atoms in total. The molecular formula is C20H23ClN6O3S. The molecule has 0 unspecified atom stereocenters. The van der Waals surface area contributed by atoms with Gasteiger partial charge in [0, 0.05) is 23.0 Å². The third-order valence-corrected chi connectivity index (χ3v) is 6.03. The van der Waals surface area contributed by atoms with E-state index in [4.69, 9.17) is 11.6 Å². The number of rotatable bonds is 4. The van der Waals surface area contributed by atoms with Crippen molar-refractivity contribution in [1.82, 2.24) is 24.5 Å². The third kappa shape index (κ3) is 4.49. The highest BCUT2D eigenvalue weighted by Crippen LogP contribution is 2.33. The molecule has 4 rings (SSSR count). The smallest absolute Gasteiger partial charge is 0.256 e. The Hall–Kier alpha value is -2.72. The number of halogens is 1. The molecule has 3 heterocycles. The van der Waals surface area contributed by atoms with E-state index < -0.39 is 10.0 Å². The fraction of sp³-hybridized carbons (Fsp3) is 0.400. The van der Waals surface area contributed by atoms with Crippen LogP contribution in [-0.4, -0.2) is 51.6 Å². The maximum absolute atomic E-state index is 13.5. The number of hydrogen-bond acceptors (Lipinski definition) is 6. The van der Waals surface area contributed by atoms with E-state index in [1.165, 1.54) is 12.1 Å². The normalized spacial score (nSPS) is 17.2. The van der Waals surface area contributed by atoms with Crippen LogP contribution in [0.25, 0.3) is 5.78 Å². The summed E-state index contributed by atoms with van der Waals surface area (Å²) >= 11 is 6.13. The topological polar surface area (TPSA) is 110 Å². The van der Waals surface area contributed by atoms with Gasteiger partial charge in [0.1, 0.15) is 0 Å². The monoisotopic (exact) mass is 462 g/mol. The number of fused-ring (bicyclic) bond motifs is 1. The second-order valence-corrected chi connectivity index (χ2v) is 9.98.